The topological polar surface area (TPSA) is 106 Å². The molecule has 0 fully saturated rings. The highest BCUT2D eigenvalue weighted by molar-refractivity contribution is 5.97. The second-order valence-electron chi connectivity index (χ2n) is 5.91. The van der Waals surface area contributed by atoms with Crippen LogP contribution in [0.15, 0.2) is 60.0 Å². The van der Waals surface area contributed by atoms with E-state index in [9.17, 15) is 9.18 Å². The van der Waals surface area contributed by atoms with E-state index < -0.39 is 5.82 Å². The number of aromatic nitrogens is 4. The fourth-order valence-electron chi connectivity index (χ4n) is 2.66. The second-order valence-corrected chi connectivity index (χ2v) is 5.91. The molecule has 0 saturated heterocycles. The molecule has 156 valence electrons. The van der Waals surface area contributed by atoms with Gasteiger partial charge < -0.3 is 10.2 Å². The van der Waals surface area contributed by atoms with E-state index in [4.69, 9.17) is 4.84 Å². The smallest absolute Gasteiger partial charge is 0.260 e. The molecule has 3 heterocycles. The zero-order valence-electron chi connectivity index (χ0n) is 16.6. The molecule has 10 heteroatoms. The van der Waals surface area contributed by atoms with Crippen molar-refractivity contribution in [2.75, 3.05) is 6.54 Å². The van der Waals surface area contributed by atoms with Gasteiger partial charge in [-0.15, -0.1) is 5.48 Å². The largest absolute Gasteiger partial charge is 0.384 e. The third-order valence-electron chi connectivity index (χ3n) is 4.00. The zero-order valence-corrected chi connectivity index (χ0v) is 16.6. The molecule has 0 saturated carbocycles. The summed E-state index contributed by atoms with van der Waals surface area (Å²) in [6.45, 7) is 4.37. The first-order valence-corrected chi connectivity index (χ1v) is 9.57. The highest BCUT2D eigenvalue weighted by Crippen LogP contribution is 2.13. The van der Waals surface area contributed by atoms with Gasteiger partial charge in [-0.1, -0.05) is 26.0 Å². The van der Waals surface area contributed by atoms with Gasteiger partial charge in [0.1, 0.15) is 17.7 Å². The summed E-state index contributed by atoms with van der Waals surface area (Å²) in [5.74, 6) is -0.386. The predicted octanol–water partition coefficient (Wildman–Crippen LogP) is 2.26. The van der Waals surface area contributed by atoms with Crippen molar-refractivity contribution < 1.29 is 14.0 Å². The molecule has 1 amide bonds. The fraction of sp³-hybridized carbons (Fsp3) is 0.250. The average molecular weight is 411 g/mol. The maximum atomic E-state index is 12.9. The van der Waals surface area contributed by atoms with Crippen LogP contribution in [0.2, 0.25) is 0 Å². The Balaban J connectivity index is 0.00000124. The van der Waals surface area contributed by atoms with Crippen molar-refractivity contribution in [3.8, 4) is 5.69 Å². The summed E-state index contributed by atoms with van der Waals surface area (Å²) in [5.41, 5.74) is 4.25. The minimum atomic E-state index is -0.430. The molecule has 9 nitrogen and oxygen atoms in total. The number of benzene rings is 1. The van der Waals surface area contributed by atoms with Crippen LogP contribution in [-0.4, -0.2) is 44.5 Å². The van der Waals surface area contributed by atoms with Gasteiger partial charge in [-0.2, -0.15) is 15.0 Å². The third-order valence-corrected chi connectivity index (χ3v) is 4.00. The van der Waals surface area contributed by atoms with Crippen LogP contribution < -0.4 is 10.8 Å². The number of nitrogens with zero attached hydrogens (tertiary/aromatic N) is 5. The highest BCUT2D eigenvalue weighted by atomic mass is 19.1. The van der Waals surface area contributed by atoms with Crippen LogP contribution >= 0.6 is 0 Å². The maximum Gasteiger partial charge on any atom is 0.260 e. The van der Waals surface area contributed by atoms with Gasteiger partial charge in [0.25, 0.3) is 11.8 Å². The molecule has 3 aromatic rings. The minimum absolute atomic E-state index is 0.240. The van der Waals surface area contributed by atoms with Crippen molar-refractivity contribution in [2.45, 2.75) is 26.4 Å². The van der Waals surface area contributed by atoms with Crippen molar-refractivity contribution >= 4 is 11.8 Å². The van der Waals surface area contributed by atoms with Gasteiger partial charge in [0.05, 0.1) is 29.8 Å². The van der Waals surface area contributed by atoms with E-state index in [-0.39, 0.29) is 18.0 Å². The Morgan fingerprint density at radius 3 is 2.70 bits per heavy atom. The first kappa shape index (κ1) is 21.1. The van der Waals surface area contributed by atoms with Gasteiger partial charge in [0, 0.05) is 13.0 Å². The summed E-state index contributed by atoms with van der Waals surface area (Å²) in [6.07, 6.45) is 4.35. The molecule has 4 rings (SSSR count). The number of nitrogens with one attached hydrogen (secondary N) is 2. The molecule has 0 bridgehead atoms. The normalized spacial score (nSPS) is 14.9. The monoisotopic (exact) mass is 411 g/mol. The number of halogens is 1. The van der Waals surface area contributed by atoms with E-state index in [1.807, 2.05) is 19.9 Å². The number of hydrogen-bond donors (Lipinski definition) is 2. The van der Waals surface area contributed by atoms with Crippen molar-refractivity contribution in [3.05, 3.63) is 72.1 Å². The molecule has 2 aromatic heterocycles. The second kappa shape index (κ2) is 10.2. The van der Waals surface area contributed by atoms with E-state index in [1.54, 1.807) is 30.6 Å². The maximum absolute atomic E-state index is 12.9. The van der Waals surface area contributed by atoms with Crippen molar-refractivity contribution in [1.29, 1.82) is 0 Å². The summed E-state index contributed by atoms with van der Waals surface area (Å²) >= 11 is 0. The molecular formula is C20H22FN7O2. The minimum Gasteiger partial charge on any atom is -0.384 e. The van der Waals surface area contributed by atoms with Crippen LogP contribution in [0, 0.1) is 5.82 Å². The van der Waals surface area contributed by atoms with Crippen LogP contribution in [0.25, 0.3) is 5.69 Å². The average Bonchev–Trinajstić information content (AvgIpc) is 3.48. The summed E-state index contributed by atoms with van der Waals surface area (Å²) < 4.78 is 12.9. The molecule has 2 N–H and O–H groups in total. The highest BCUT2D eigenvalue weighted by Gasteiger charge is 2.21. The number of hydroxylamine groups is 1. The summed E-state index contributed by atoms with van der Waals surface area (Å²) in [7, 11) is 0. The van der Waals surface area contributed by atoms with Gasteiger partial charge in [-0.3, -0.25) is 4.79 Å². The zero-order chi connectivity index (χ0) is 21.3. The third kappa shape index (κ3) is 5.03. The van der Waals surface area contributed by atoms with E-state index >= 15 is 0 Å². The molecular weight excluding hydrogens is 389 g/mol. The summed E-state index contributed by atoms with van der Waals surface area (Å²) in [5, 5.41) is 11.0. The molecule has 0 radical (unpaired) electrons. The Morgan fingerprint density at radius 2 is 1.97 bits per heavy atom. The van der Waals surface area contributed by atoms with Crippen LogP contribution in [0.5, 0.6) is 0 Å². The quantitative estimate of drug-likeness (QED) is 0.644. The lowest BCUT2D eigenvalue weighted by atomic mass is 10.1. The number of hydrogen-bond acceptors (Lipinski definition) is 7. The van der Waals surface area contributed by atoms with Crippen LogP contribution in [0.4, 0.5) is 4.39 Å². The molecule has 1 unspecified atom stereocenters. The Morgan fingerprint density at radius 1 is 1.20 bits per heavy atom. The van der Waals surface area contributed by atoms with Crippen molar-refractivity contribution in [2.24, 2.45) is 4.99 Å². The Hall–Kier alpha value is -3.66. The Bertz CT molecular complexity index is 991. The molecule has 30 heavy (non-hydrogen) atoms. The first-order chi connectivity index (χ1) is 14.7. The van der Waals surface area contributed by atoms with E-state index in [0.717, 1.165) is 6.20 Å². The lowest BCUT2D eigenvalue weighted by Crippen LogP contribution is -2.31. The van der Waals surface area contributed by atoms with Gasteiger partial charge in [0.2, 0.25) is 0 Å². The number of pyridine rings is 1. The van der Waals surface area contributed by atoms with Crippen LogP contribution in [0.3, 0.4) is 0 Å². The van der Waals surface area contributed by atoms with Crippen LogP contribution in [0.1, 0.15) is 36.3 Å². The SMILES string of the molecule is CC.O=C(NCCC1N=C(c2ccc(F)cn2)ON1)c1ccccc1-n1nccn1. The van der Waals surface area contributed by atoms with E-state index in [2.05, 4.69) is 31.0 Å². The van der Waals surface area contributed by atoms with Gasteiger partial charge >= 0.3 is 0 Å². The lowest BCUT2D eigenvalue weighted by Gasteiger charge is -2.10. The number of carbonyl (C=O) groups is 1. The fourth-order valence-corrected chi connectivity index (χ4v) is 2.66. The Labute approximate surface area is 173 Å². The van der Waals surface area contributed by atoms with Crippen LogP contribution in [-0.2, 0) is 4.84 Å². The number of para-hydroxylation sites is 1. The number of aliphatic imine (C=N–C) groups is 1. The number of rotatable bonds is 6. The van der Waals surface area contributed by atoms with Gasteiger partial charge in [-0.05, 0) is 24.3 Å². The molecule has 1 aromatic carbocycles. The number of amides is 1. The molecule has 1 atom stereocenters. The standard InChI is InChI=1S/C18H16FN7O2.C2H6/c19-12-5-6-14(21-11-12)18-24-16(25-28-18)7-8-20-17(27)13-3-1-2-4-15(13)26-22-9-10-23-26;1-2/h1-6,9-11,16,25H,7-8H2,(H,20,27);1-2H3. The van der Waals surface area contributed by atoms with Gasteiger partial charge in [-0.25, -0.2) is 14.4 Å². The summed E-state index contributed by atoms with van der Waals surface area (Å²) in [4.78, 5) is 27.5. The van der Waals surface area contributed by atoms with Crippen molar-refractivity contribution in [1.82, 2.24) is 30.8 Å². The van der Waals surface area contributed by atoms with Gasteiger partial charge in [0.15, 0.2) is 0 Å². The Kier molecular flexibility index (Phi) is 7.17. The first-order valence-electron chi connectivity index (χ1n) is 9.57. The summed E-state index contributed by atoms with van der Waals surface area (Å²) in [6, 6.07) is 9.85. The van der Waals surface area contributed by atoms with Crippen molar-refractivity contribution in [3.63, 3.8) is 0 Å². The molecule has 1 aliphatic rings. The number of carbonyl (C=O) groups excluding carboxylic acids is 1. The lowest BCUT2D eigenvalue weighted by molar-refractivity contribution is 0.0948. The molecule has 0 aliphatic carbocycles. The molecule has 0 spiro atoms. The predicted molar refractivity (Wildman–Crippen MR) is 108 cm³/mol. The van der Waals surface area contributed by atoms with E-state index in [0.29, 0.717) is 29.9 Å². The molecule has 1 aliphatic heterocycles. The van der Waals surface area contributed by atoms with E-state index in [1.165, 1.54) is 16.9 Å².